The predicted octanol–water partition coefficient (Wildman–Crippen LogP) is 2.92. The number of carbonyl (C=O) groups excluding carboxylic acids is 4. The summed E-state index contributed by atoms with van der Waals surface area (Å²) in [4.78, 5) is 59.0. The van der Waals surface area contributed by atoms with E-state index in [1.54, 1.807) is 23.1 Å². The van der Waals surface area contributed by atoms with Crippen LogP contribution < -0.4 is 5.32 Å². The van der Waals surface area contributed by atoms with Crippen LogP contribution in [0.2, 0.25) is 0 Å². The lowest BCUT2D eigenvalue weighted by molar-refractivity contribution is -0.161. The van der Waals surface area contributed by atoms with Crippen LogP contribution in [0.3, 0.4) is 0 Å². The number of carbonyl (C=O) groups is 4. The molecule has 238 valence electrons. The highest BCUT2D eigenvalue weighted by atomic mass is 16.6. The summed E-state index contributed by atoms with van der Waals surface area (Å²) in [7, 11) is 0. The molecule has 4 heterocycles. The summed E-state index contributed by atoms with van der Waals surface area (Å²) in [6.07, 6.45) is 8.43. The number of allylic oxidation sites excluding steroid dienone is 1. The van der Waals surface area contributed by atoms with Crippen LogP contribution in [-0.4, -0.2) is 88.6 Å². The molecule has 4 aliphatic heterocycles. The van der Waals surface area contributed by atoms with Gasteiger partial charge in [0.2, 0.25) is 17.7 Å². The maximum absolute atomic E-state index is 14.6. The normalized spacial score (nSPS) is 32.2. The molecule has 3 amide bonds. The van der Waals surface area contributed by atoms with Crippen LogP contribution >= 0.6 is 0 Å². The first-order valence-electron chi connectivity index (χ1n) is 16.0. The molecule has 10 heteroatoms. The average Bonchev–Trinajstić information content (AvgIpc) is 3.40. The Morgan fingerprint density at radius 1 is 1.09 bits per heavy atom. The third kappa shape index (κ3) is 6.06. The molecule has 2 fully saturated rings. The zero-order valence-electron chi connectivity index (χ0n) is 25.9. The maximum Gasteiger partial charge on any atom is 0.313 e. The van der Waals surface area contributed by atoms with Gasteiger partial charge in [-0.2, -0.15) is 0 Å². The van der Waals surface area contributed by atoms with Crippen LogP contribution in [-0.2, 0) is 28.7 Å². The number of nitrogens with one attached hydrogen (secondary N) is 1. The number of ether oxygens (including phenoxy) is 2. The molecule has 0 aliphatic carbocycles. The lowest BCUT2D eigenvalue weighted by Crippen LogP contribution is -2.58. The number of unbranched alkanes of at least 4 members (excludes halogenated alkanes) is 1. The van der Waals surface area contributed by atoms with Gasteiger partial charge in [-0.05, 0) is 30.7 Å². The van der Waals surface area contributed by atoms with Crippen molar-refractivity contribution in [3.63, 3.8) is 0 Å². The second-order valence-electron chi connectivity index (χ2n) is 12.7. The standard InChI is InChI=1S/C34H45N3O7/c1-4-5-17-36-18-11-16-34-29(31(40)37(30(34)32(36)41)24(21-38)19-22(2)3)28-25(44-34)14-9-10-15-27(39)35-20-26(43-33(28)42)23-12-7-6-8-13-23/h6-9,11-14,16,22,24-26,28-30,38H,4-5,10,15,17-21H2,1-3H3,(H,35,39)/b14-9-/t24-,25-,26+,28+,29+,30-,34+/m1/s1. The maximum atomic E-state index is 14.6. The van der Waals surface area contributed by atoms with E-state index in [2.05, 4.69) is 12.2 Å². The Kier molecular flexibility index (Phi) is 9.90. The Hall–Kier alpha value is -3.50. The molecule has 2 saturated heterocycles. The Morgan fingerprint density at radius 2 is 1.86 bits per heavy atom. The van der Waals surface area contributed by atoms with Gasteiger partial charge in [0.1, 0.15) is 23.7 Å². The molecule has 1 aromatic carbocycles. The van der Waals surface area contributed by atoms with Gasteiger partial charge in [-0.15, -0.1) is 0 Å². The zero-order chi connectivity index (χ0) is 31.4. The summed E-state index contributed by atoms with van der Waals surface area (Å²) >= 11 is 0. The van der Waals surface area contributed by atoms with E-state index in [9.17, 15) is 24.3 Å². The molecule has 10 nitrogen and oxygen atoms in total. The molecule has 44 heavy (non-hydrogen) atoms. The van der Waals surface area contributed by atoms with Gasteiger partial charge in [-0.1, -0.05) is 81.8 Å². The Morgan fingerprint density at radius 3 is 2.57 bits per heavy atom. The fourth-order valence-corrected chi connectivity index (χ4v) is 7.16. The van der Waals surface area contributed by atoms with E-state index in [0.29, 0.717) is 31.5 Å². The lowest BCUT2D eigenvalue weighted by atomic mass is 9.78. The molecule has 1 spiro atoms. The summed E-state index contributed by atoms with van der Waals surface area (Å²) in [5.74, 6) is -3.35. The molecule has 2 N–H and O–H groups in total. The van der Waals surface area contributed by atoms with E-state index in [4.69, 9.17) is 9.47 Å². The number of amides is 3. The highest BCUT2D eigenvalue weighted by Crippen LogP contribution is 2.54. The average molecular weight is 608 g/mol. The monoisotopic (exact) mass is 607 g/mol. The zero-order valence-corrected chi connectivity index (χ0v) is 25.9. The van der Waals surface area contributed by atoms with Crippen molar-refractivity contribution >= 4 is 23.7 Å². The number of cyclic esters (lactones) is 1. The number of likely N-dealkylation sites (tertiary alicyclic amines) is 1. The van der Waals surface area contributed by atoms with E-state index in [1.165, 1.54) is 4.90 Å². The van der Waals surface area contributed by atoms with E-state index in [1.807, 2.05) is 50.3 Å². The lowest BCUT2D eigenvalue weighted by Gasteiger charge is -2.39. The topological polar surface area (TPSA) is 125 Å². The number of aliphatic hydroxyl groups excluding tert-OH is 1. The number of rotatable bonds is 8. The Bertz CT molecular complexity index is 1280. The van der Waals surface area contributed by atoms with Crippen LogP contribution in [0.25, 0.3) is 0 Å². The molecule has 0 radical (unpaired) electrons. The van der Waals surface area contributed by atoms with Crippen LogP contribution in [0, 0.1) is 17.8 Å². The number of fused-ring (bicyclic) bond motifs is 2. The van der Waals surface area contributed by atoms with Gasteiger partial charge in [0.05, 0.1) is 31.2 Å². The molecule has 0 aromatic heterocycles. The van der Waals surface area contributed by atoms with Crippen LogP contribution in [0.15, 0.2) is 54.6 Å². The number of esters is 1. The Labute approximate surface area is 259 Å². The SMILES string of the molecule is CCCCN1CC=C[C@]23O[C@@H]4/C=C\CCC(=O)NC[C@@H](c5ccccc5)OC(=O)[C@@H]4[C@H]2C(=O)N([C@@H](CO)CC(C)C)[C@@H]3C1=O. The smallest absolute Gasteiger partial charge is 0.313 e. The minimum Gasteiger partial charge on any atom is -0.455 e. The van der Waals surface area contributed by atoms with Crippen molar-refractivity contribution in [3.05, 3.63) is 60.2 Å². The van der Waals surface area contributed by atoms with Crippen LogP contribution in [0.5, 0.6) is 0 Å². The molecule has 4 aliphatic rings. The highest BCUT2D eigenvalue weighted by Gasteiger charge is 2.72. The Balaban J connectivity index is 1.60. The van der Waals surface area contributed by atoms with Crippen molar-refractivity contribution in [1.82, 2.24) is 15.1 Å². The van der Waals surface area contributed by atoms with Gasteiger partial charge in [-0.3, -0.25) is 19.2 Å². The number of hydrogen-bond acceptors (Lipinski definition) is 7. The quantitative estimate of drug-likeness (QED) is 0.344. The van der Waals surface area contributed by atoms with Crippen molar-refractivity contribution in [3.8, 4) is 0 Å². The van der Waals surface area contributed by atoms with E-state index < -0.39 is 47.7 Å². The number of hydrogen-bond donors (Lipinski definition) is 2. The largest absolute Gasteiger partial charge is 0.455 e. The molecule has 5 rings (SSSR count). The van der Waals surface area contributed by atoms with Crippen molar-refractivity contribution in [2.24, 2.45) is 17.8 Å². The molecule has 1 aromatic rings. The van der Waals surface area contributed by atoms with E-state index >= 15 is 0 Å². The molecule has 0 saturated carbocycles. The minimum atomic E-state index is -1.42. The second kappa shape index (κ2) is 13.6. The van der Waals surface area contributed by atoms with Crippen LogP contribution in [0.1, 0.15) is 64.5 Å². The number of benzene rings is 1. The summed E-state index contributed by atoms with van der Waals surface area (Å²) in [6, 6.07) is 7.52. The summed E-state index contributed by atoms with van der Waals surface area (Å²) < 4.78 is 12.9. The third-order valence-electron chi connectivity index (χ3n) is 9.19. The van der Waals surface area contributed by atoms with Crippen LogP contribution in [0.4, 0.5) is 0 Å². The van der Waals surface area contributed by atoms with Crippen molar-refractivity contribution in [1.29, 1.82) is 0 Å². The molecular weight excluding hydrogens is 562 g/mol. The van der Waals surface area contributed by atoms with Gasteiger partial charge in [0.15, 0.2) is 0 Å². The minimum absolute atomic E-state index is 0.0841. The van der Waals surface area contributed by atoms with Gasteiger partial charge in [0.25, 0.3) is 0 Å². The first-order valence-corrected chi connectivity index (χ1v) is 16.0. The third-order valence-corrected chi connectivity index (χ3v) is 9.19. The van der Waals surface area contributed by atoms with Gasteiger partial charge < -0.3 is 29.7 Å². The van der Waals surface area contributed by atoms with Crippen molar-refractivity contribution < 1.29 is 33.8 Å². The number of aliphatic hydroxyl groups is 1. The van der Waals surface area contributed by atoms with Gasteiger partial charge in [-0.25, -0.2) is 0 Å². The first-order chi connectivity index (χ1) is 21.2. The predicted molar refractivity (Wildman–Crippen MR) is 163 cm³/mol. The first kappa shape index (κ1) is 31.9. The van der Waals surface area contributed by atoms with E-state index in [0.717, 1.165) is 12.8 Å². The summed E-state index contributed by atoms with van der Waals surface area (Å²) in [6.45, 7) is 6.73. The summed E-state index contributed by atoms with van der Waals surface area (Å²) in [5.41, 5.74) is -0.709. The van der Waals surface area contributed by atoms with Gasteiger partial charge >= 0.3 is 5.97 Å². The van der Waals surface area contributed by atoms with E-state index in [-0.39, 0.29) is 43.2 Å². The van der Waals surface area contributed by atoms with Gasteiger partial charge in [0, 0.05) is 19.5 Å². The highest BCUT2D eigenvalue weighted by molar-refractivity contribution is 5.99. The fourth-order valence-electron chi connectivity index (χ4n) is 7.16. The molecular formula is C34H45N3O7. The molecule has 0 unspecified atom stereocenters. The molecule has 0 bridgehead atoms. The van der Waals surface area contributed by atoms with Crippen molar-refractivity contribution in [2.45, 2.75) is 82.8 Å². The summed E-state index contributed by atoms with van der Waals surface area (Å²) in [5, 5.41) is 13.4. The fraction of sp³-hybridized carbons (Fsp3) is 0.588. The molecule has 7 atom stereocenters. The number of nitrogens with zero attached hydrogens (tertiary/aromatic N) is 2. The van der Waals surface area contributed by atoms with Crippen molar-refractivity contribution in [2.75, 3.05) is 26.2 Å². The second-order valence-corrected chi connectivity index (χ2v) is 12.7.